The number of aryl methyl sites for hydroxylation is 2. The van der Waals surface area contributed by atoms with Gasteiger partial charge >= 0.3 is 0 Å². The highest BCUT2D eigenvalue weighted by atomic mass is 16.5. The van der Waals surface area contributed by atoms with Gasteiger partial charge in [0, 0.05) is 19.8 Å². The van der Waals surface area contributed by atoms with Gasteiger partial charge in [-0.2, -0.15) is 5.10 Å². The number of ether oxygens (including phenoxy) is 1. The zero-order chi connectivity index (χ0) is 16.9. The summed E-state index contributed by atoms with van der Waals surface area (Å²) in [6, 6.07) is 7.93. The molecule has 24 heavy (non-hydrogen) atoms. The summed E-state index contributed by atoms with van der Waals surface area (Å²) in [5.74, 6) is 1.41. The lowest BCUT2D eigenvalue weighted by atomic mass is 9.91. The zero-order valence-corrected chi connectivity index (χ0v) is 14.6. The molecule has 0 spiro atoms. The third-order valence-electron chi connectivity index (χ3n) is 4.72. The van der Waals surface area contributed by atoms with Crippen molar-refractivity contribution < 1.29 is 9.84 Å². The van der Waals surface area contributed by atoms with Crippen LogP contribution in [0.5, 0.6) is 5.75 Å². The number of hydrogen-bond acceptors (Lipinski definition) is 4. The fourth-order valence-electron chi connectivity index (χ4n) is 3.28. The Hall–Kier alpha value is -1.85. The molecular formula is C19H27N3O2. The van der Waals surface area contributed by atoms with Crippen molar-refractivity contribution in [3.63, 3.8) is 0 Å². The molecule has 1 aromatic heterocycles. The van der Waals surface area contributed by atoms with Gasteiger partial charge in [-0.15, -0.1) is 0 Å². The molecule has 1 unspecified atom stereocenters. The van der Waals surface area contributed by atoms with Crippen LogP contribution in [0.1, 0.15) is 29.9 Å². The van der Waals surface area contributed by atoms with Crippen molar-refractivity contribution in [1.29, 1.82) is 0 Å². The smallest absolute Gasteiger partial charge is 0.119 e. The first kappa shape index (κ1) is 17.0. The van der Waals surface area contributed by atoms with E-state index in [4.69, 9.17) is 4.74 Å². The lowest BCUT2D eigenvalue weighted by Gasteiger charge is -2.32. The molecule has 0 aliphatic carbocycles. The highest BCUT2D eigenvalue weighted by Gasteiger charge is 2.23. The second kappa shape index (κ2) is 7.81. The van der Waals surface area contributed by atoms with Crippen molar-refractivity contribution in [2.24, 2.45) is 7.05 Å². The van der Waals surface area contributed by atoms with E-state index in [2.05, 4.69) is 16.2 Å². The van der Waals surface area contributed by atoms with Crippen molar-refractivity contribution >= 4 is 0 Å². The van der Waals surface area contributed by atoms with Crippen molar-refractivity contribution in [2.75, 3.05) is 26.2 Å². The minimum absolute atomic E-state index is 0.339. The molecule has 1 N–H and O–H groups in total. The van der Waals surface area contributed by atoms with Gasteiger partial charge in [-0.3, -0.25) is 4.68 Å². The maximum absolute atomic E-state index is 10.2. The van der Waals surface area contributed by atoms with Crippen molar-refractivity contribution in [3.05, 3.63) is 47.8 Å². The summed E-state index contributed by atoms with van der Waals surface area (Å²) in [7, 11) is 1.96. The topological polar surface area (TPSA) is 50.5 Å². The number of benzene rings is 1. The van der Waals surface area contributed by atoms with Crippen LogP contribution in [0, 0.1) is 6.92 Å². The first-order chi connectivity index (χ1) is 11.6. The van der Waals surface area contributed by atoms with Crippen molar-refractivity contribution in [3.8, 4) is 5.75 Å². The van der Waals surface area contributed by atoms with Gasteiger partial charge < -0.3 is 14.7 Å². The molecule has 1 fully saturated rings. The summed E-state index contributed by atoms with van der Waals surface area (Å²) >= 11 is 0. The Labute approximate surface area is 143 Å². The summed E-state index contributed by atoms with van der Waals surface area (Å²) in [6.45, 7) is 5.09. The summed E-state index contributed by atoms with van der Waals surface area (Å²) in [6.07, 6.45) is 5.88. The lowest BCUT2D eigenvalue weighted by molar-refractivity contribution is 0.0594. The molecule has 1 saturated heterocycles. The van der Waals surface area contributed by atoms with Gasteiger partial charge in [0.15, 0.2) is 0 Å². The highest BCUT2D eigenvalue weighted by molar-refractivity contribution is 5.26. The Morgan fingerprint density at radius 2 is 1.96 bits per heavy atom. The van der Waals surface area contributed by atoms with Gasteiger partial charge in [0.25, 0.3) is 0 Å². The van der Waals surface area contributed by atoms with E-state index in [1.807, 2.05) is 49.1 Å². The fraction of sp³-hybridized carbons (Fsp3) is 0.526. The first-order valence-electron chi connectivity index (χ1n) is 8.68. The van der Waals surface area contributed by atoms with Crippen LogP contribution in [-0.2, 0) is 7.05 Å². The Morgan fingerprint density at radius 1 is 1.25 bits per heavy atom. The van der Waals surface area contributed by atoms with Crippen LogP contribution in [0.15, 0.2) is 36.7 Å². The lowest BCUT2D eigenvalue weighted by Crippen LogP contribution is -2.40. The van der Waals surface area contributed by atoms with E-state index in [1.165, 1.54) is 11.1 Å². The highest BCUT2D eigenvalue weighted by Crippen LogP contribution is 2.27. The number of piperidine rings is 1. The summed E-state index contributed by atoms with van der Waals surface area (Å²) in [5.41, 5.74) is 2.54. The molecule has 0 saturated carbocycles. The standard InChI is InChI=1S/C19H27N3O2/c1-15-3-5-19(6-4-15)24-14-18(23)13-22-9-7-16(8-10-22)17-11-20-21(2)12-17/h3-6,11-12,16,18,23H,7-10,13-14H2,1-2H3. The normalized spacial score (nSPS) is 17.8. The summed E-state index contributed by atoms with van der Waals surface area (Å²) in [4.78, 5) is 2.33. The average Bonchev–Trinajstić information content (AvgIpc) is 3.01. The van der Waals surface area contributed by atoms with Crippen LogP contribution in [0.2, 0.25) is 0 Å². The van der Waals surface area contributed by atoms with Crippen LogP contribution in [-0.4, -0.2) is 52.1 Å². The quantitative estimate of drug-likeness (QED) is 0.884. The van der Waals surface area contributed by atoms with Gasteiger partial charge in [0.05, 0.1) is 6.20 Å². The Bertz CT molecular complexity index is 630. The molecule has 1 atom stereocenters. The molecule has 2 aromatic rings. The number of β-amino-alcohol motifs (C(OH)–C–C–N with tert-alkyl or cyclic N) is 1. The minimum Gasteiger partial charge on any atom is -0.491 e. The largest absolute Gasteiger partial charge is 0.491 e. The zero-order valence-electron chi connectivity index (χ0n) is 14.6. The third-order valence-corrected chi connectivity index (χ3v) is 4.72. The second-order valence-corrected chi connectivity index (χ2v) is 6.80. The number of rotatable bonds is 6. The molecule has 1 aliphatic heterocycles. The maximum Gasteiger partial charge on any atom is 0.119 e. The van der Waals surface area contributed by atoms with Crippen LogP contribution in [0.3, 0.4) is 0 Å². The molecule has 5 nitrogen and oxygen atoms in total. The number of nitrogens with zero attached hydrogens (tertiary/aromatic N) is 3. The number of aromatic nitrogens is 2. The summed E-state index contributed by atoms with van der Waals surface area (Å²) in [5, 5.41) is 14.5. The van der Waals surface area contributed by atoms with Gasteiger partial charge in [-0.25, -0.2) is 0 Å². The number of aliphatic hydroxyl groups excluding tert-OH is 1. The van der Waals surface area contributed by atoms with E-state index in [0.29, 0.717) is 19.1 Å². The molecule has 3 rings (SSSR count). The predicted octanol–water partition coefficient (Wildman–Crippen LogP) is 2.35. The second-order valence-electron chi connectivity index (χ2n) is 6.80. The van der Waals surface area contributed by atoms with E-state index in [9.17, 15) is 5.11 Å². The number of likely N-dealkylation sites (tertiary alicyclic amines) is 1. The Kier molecular flexibility index (Phi) is 5.53. The van der Waals surface area contributed by atoms with E-state index < -0.39 is 6.10 Å². The van der Waals surface area contributed by atoms with Gasteiger partial charge in [-0.05, 0) is 56.5 Å². The van der Waals surface area contributed by atoms with Gasteiger partial charge in [-0.1, -0.05) is 17.7 Å². The van der Waals surface area contributed by atoms with Crippen molar-refractivity contribution in [2.45, 2.75) is 31.8 Å². The van der Waals surface area contributed by atoms with Crippen LogP contribution < -0.4 is 4.74 Å². The fourth-order valence-corrected chi connectivity index (χ4v) is 3.28. The monoisotopic (exact) mass is 329 g/mol. The summed E-state index contributed by atoms with van der Waals surface area (Å²) < 4.78 is 7.54. The number of aliphatic hydroxyl groups is 1. The molecule has 130 valence electrons. The maximum atomic E-state index is 10.2. The number of hydrogen-bond donors (Lipinski definition) is 1. The third kappa shape index (κ3) is 4.58. The van der Waals surface area contributed by atoms with Gasteiger partial charge in [0.1, 0.15) is 18.5 Å². The molecule has 0 radical (unpaired) electrons. The molecule has 0 amide bonds. The van der Waals surface area contributed by atoms with E-state index >= 15 is 0 Å². The SMILES string of the molecule is Cc1ccc(OCC(O)CN2CCC(c3cnn(C)c3)CC2)cc1. The van der Waals surface area contributed by atoms with Crippen LogP contribution in [0.4, 0.5) is 0 Å². The van der Waals surface area contributed by atoms with Crippen molar-refractivity contribution in [1.82, 2.24) is 14.7 Å². The average molecular weight is 329 g/mol. The molecule has 2 heterocycles. The molecule has 5 heteroatoms. The molecular weight excluding hydrogens is 302 g/mol. The molecule has 0 bridgehead atoms. The predicted molar refractivity (Wildman–Crippen MR) is 94.3 cm³/mol. The van der Waals surface area contributed by atoms with Crippen LogP contribution >= 0.6 is 0 Å². The van der Waals surface area contributed by atoms with E-state index in [1.54, 1.807) is 0 Å². The molecule has 1 aromatic carbocycles. The van der Waals surface area contributed by atoms with Gasteiger partial charge in [0.2, 0.25) is 0 Å². The first-order valence-corrected chi connectivity index (χ1v) is 8.68. The van der Waals surface area contributed by atoms with Crippen LogP contribution in [0.25, 0.3) is 0 Å². The molecule has 1 aliphatic rings. The minimum atomic E-state index is -0.457. The Morgan fingerprint density at radius 3 is 2.58 bits per heavy atom. The van der Waals surface area contributed by atoms with E-state index in [0.717, 1.165) is 31.7 Å². The van der Waals surface area contributed by atoms with E-state index in [-0.39, 0.29) is 0 Å². The Balaban J connectivity index is 1.39.